The molecule has 0 amide bonds. The van der Waals surface area contributed by atoms with Gasteiger partial charge in [0.05, 0.1) is 5.69 Å². The van der Waals surface area contributed by atoms with Crippen LogP contribution in [0.2, 0.25) is 0 Å². The highest BCUT2D eigenvalue weighted by Crippen LogP contribution is 2.38. The quantitative estimate of drug-likeness (QED) is 0.724. The van der Waals surface area contributed by atoms with Crippen molar-refractivity contribution in [2.24, 2.45) is 5.73 Å². The Kier molecular flexibility index (Phi) is 3.82. The summed E-state index contributed by atoms with van der Waals surface area (Å²) in [5.74, 6) is 0. The van der Waals surface area contributed by atoms with Gasteiger partial charge in [0.15, 0.2) is 0 Å². The summed E-state index contributed by atoms with van der Waals surface area (Å²) in [4.78, 5) is 0. The highest BCUT2D eigenvalue weighted by Gasteiger charge is 2.24. The number of halogens is 2. The fourth-order valence-electron chi connectivity index (χ4n) is 3.15. The summed E-state index contributed by atoms with van der Waals surface area (Å²) in [7, 11) is 0. The lowest BCUT2D eigenvalue weighted by atomic mass is 9.93. The molecule has 1 aromatic heterocycles. The minimum absolute atomic E-state index is 0.182. The molecule has 4 heteroatoms. The van der Waals surface area contributed by atoms with E-state index in [4.69, 9.17) is 5.73 Å². The van der Waals surface area contributed by atoms with Crippen LogP contribution >= 0.6 is 31.9 Å². The number of hydrogen-bond acceptors (Lipinski definition) is 1. The molecule has 1 aliphatic carbocycles. The van der Waals surface area contributed by atoms with Crippen molar-refractivity contribution in [3.8, 4) is 5.69 Å². The Hall–Kier alpha value is -0.580. The van der Waals surface area contributed by atoms with Crippen LogP contribution in [-0.2, 0) is 6.42 Å². The molecule has 0 aliphatic heterocycles. The maximum Gasteiger partial charge on any atom is 0.0740 e. The van der Waals surface area contributed by atoms with Gasteiger partial charge in [-0.15, -0.1) is 0 Å². The predicted molar refractivity (Wildman–Crippen MR) is 90.5 cm³/mol. The lowest BCUT2D eigenvalue weighted by Crippen LogP contribution is -2.18. The molecule has 1 aliphatic rings. The van der Waals surface area contributed by atoms with E-state index in [9.17, 15) is 0 Å². The van der Waals surface area contributed by atoms with E-state index in [0.29, 0.717) is 0 Å². The maximum absolute atomic E-state index is 6.27. The number of rotatable bonds is 1. The minimum atomic E-state index is 0.182. The first-order chi connectivity index (χ1) is 9.49. The molecule has 2 nitrogen and oxygen atoms in total. The SMILES string of the molecule is Cc1cc(Br)c(-n2c(C)cc3c2CCCC3N)c(Br)c1. The molecule has 1 aromatic carbocycles. The number of aryl methyl sites for hydroxylation is 2. The lowest BCUT2D eigenvalue weighted by molar-refractivity contribution is 0.559. The molecule has 0 saturated carbocycles. The van der Waals surface area contributed by atoms with E-state index in [1.54, 1.807) is 0 Å². The van der Waals surface area contributed by atoms with Gasteiger partial charge in [0.2, 0.25) is 0 Å². The monoisotopic (exact) mass is 396 g/mol. The number of nitrogens with zero attached hydrogens (tertiary/aromatic N) is 1. The van der Waals surface area contributed by atoms with E-state index in [0.717, 1.165) is 21.8 Å². The summed E-state index contributed by atoms with van der Waals surface area (Å²) < 4.78 is 4.58. The first-order valence-corrected chi connectivity index (χ1v) is 8.50. The second kappa shape index (κ2) is 5.32. The van der Waals surface area contributed by atoms with Crippen molar-refractivity contribution >= 4 is 31.9 Å². The second-order valence-electron chi connectivity index (χ2n) is 5.60. The van der Waals surface area contributed by atoms with Gasteiger partial charge in [0, 0.05) is 26.4 Å². The molecule has 0 fully saturated rings. The van der Waals surface area contributed by atoms with Crippen molar-refractivity contribution < 1.29 is 0 Å². The number of nitrogens with two attached hydrogens (primary N) is 1. The third-order valence-corrected chi connectivity index (χ3v) is 5.24. The van der Waals surface area contributed by atoms with Crippen molar-refractivity contribution in [3.63, 3.8) is 0 Å². The van der Waals surface area contributed by atoms with Gasteiger partial charge in [-0.3, -0.25) is 0 Å². The van der Waals surface area contributed by atoms with E-state index in [1.165, 1.54) is 34.6 Å². The zero-order valence-corrected chi connectivity index (χ0v) is 14.9. The van der Waals surface area contributed by atoms with Gasteiger partial charge in [-0.25, -0.2) is 0 Å². The Labute approximate surface area is 136 Å². The summed E-state index contributed by atoms with van der Waals surface area (Å²) >= 11 is 7.43. The molecule has 3 rings (SSSR count). The van der Waals surface area contributed by atoms with Crippen molar-refractivity contribution in [1.29, 1.82) is 0 Å². The highest BCUT2D eigenvalue weighted by molar-refractivity contribution is 9.11. The molecule has 1 heterocycles. The van der Waals surface area contributed by atoms with Crippen LogP contribution in [0.4, 0.5) is 0 Å². The van der Waals surface area contributed by atoms with E-state index < -0.39 is 0 Å². The average Bonchev–Trinajstić information content (AvgIpc) is 2.67. The van der Waals surface area contributed by atoms with Gasteiger partial charge in [-0.2, -0.15) is 0 Å². The van der Waals surface area contributed by atoms with Gasteiger partial charge in [0.1, 0.15) is 0 Å². The molecule has 1 unspecified atom stereocenters. The van der Waals surface area contributed by atoms with Crippen molar-refractivity contribution in [1.82, 2.24) is 4.57 Å². The Balaban J connectivity index is 2.26. The molecular weight excluding hydrogens is 380 g/mol. The molecule has 0 saturated heterocycles. The van der Waals surface area contributed by atoms with Crippen molar-refractivity contribution in [3.05, 3.63) is 49.7 Å². The van der Waals surface area contributed by atoms with Gasteiger partial charge >= 0.3 is 0 Å². The summed E-state index contributed by atoms with van der Waals surface area (Å²) in [6.45, 7) is 4.26. The van der Waals surface area contributed by atoms with Crippen LogP contribution in [0.3, 0.4) is 0 Å². The summed E-state index contributed by atoms with van der Waals surface area (Å²) in [6.07, 6.45) is 3.36. The number of aromatic nitrogens is 1. The summed E-state index contributed by atoms with van der Waals surface area (Å²) in [5, 5.41) is 0. The largest absolute Gasteiger partial charge is 0.324 e. The lowest BCUT2D eigenvalue weighted by Gasteiger charge is -2.22. The Morgan fingerprint density at radius 3 is 2.45 bits per heavy atom. The third kappa shape index (κ3) is 2.28. The first kappa shape index (κ1) is 14.4. The van der Waals surface area contributed by atoms with Crippen LogP contribution in [0.1, 0.15) is 41.4 Å². The standard InChI is InChI=1S/C16H18Br2N2/c1-9-6-12(17)16(13(18)7-9)20-10(2)8-11-14(19)4-3-5-15(11)20/h6-8,14H,3-5,19H2,1-2H3. The highest BCUT2D eigenvalue weighted by atomic mass is 79.9. The summed E-state index contributed by atoms with van der Waals surface area (Å²) in [6, 6.07) is 6.75. The maximum atomic E-state index is 6.27. The molecule has 0 spiro atoms. The normalized spacial score (nSPS) is 18.1. The first-order valence-electron chi connectivity index (χ1n) is 6.91. The topological polar surface area (TPSA) is 30.9 Å². The Morgan fingerprint density at radius 1 is 1.15 bits per heavy atom. The molecule has 2 N–H and O–H groups in total. The van der Waals surface area contributed by atoms with E-state index >= 15 is 0 Å². The summed E-state index contributed by atoms with van der Waals surface area (Å²) in [5.41, 5.74) is 12.6. The molecule has 20 heavy (non-hydrogen) atoms. The molecule has 106 valence electrons. The number of fused-ring (bicyclic) bond motifs is 1. The zero-order chi connectivity index (χ0) is 14.4. The zero-order valence-electron chi connectivity index (χ0n) is 11.7. The van der Waals surface area contributed by atoms with Crippen LogP contribution < -0.4 is 5.73 Å². The van der Waals surface area contributed by atoms with E-state index in [1.807, 2.05) is 0 Å². The number of hydrogen-bond donors (Lipinski definition) is 1. The molecule has 2 aromatic rings. The van der Waals surface area contributed by atoms with Gasteiger partial charge in [-0.05, 0) is 94.3 Å². The van der Waals surface area contributed by atoms with Crippen LogP contribution in [0.5, 0.6) is 0 Å². The molecular formula is C16H18Br2N2. The van der Waals surface area contributed by atoms with E-state index in [2.05, 4.69) is 68.5 Å². The van der Waals surface area contributed by atoms with Crippen molar-refractivity contribution in [2.45, 2.75) is 39.2 Å². The second-order valence-corrected chi connectivity index (χ2v) is 7.31. The van der Waals surface area contributed by atoms with Crippen LogP contribution in [0.15, 0.2) is 27.1 Å². The van der Waals surface area contributed by atoms with Gasteiger partial charge < -0.3 is 10.3 Å². The predicted octanol–water partition coefficient (Wildman–Crippen LogP) is 4.96. The van der Waals surface area contributed by atoms with Crippen LogP contribution in [-0.4, -0.2) is 4.57 Å². The number of benzene rings is 1. The Bertz CT molecular complexity index is 650. The van der Waals surface area contributed by atoms with Crippen molar-refractivity contribution in [2.75, 3.05) is 0 Å². The fraction of sp³-hybridized carbons (Fsp3) is 0.375. The van der Waals surface area contributed by atoms with Gasteiger partial charge in [-0.1, -0.05) is 0 Å². The molecule has 0 radical (unpaired) electrons. The molecule has 1 atom stereocenters. The smallest absolute Gasteiger partial charge is 0.0740 e. The molecule has 0 bridgehead atoms. The van der Waals surface area contributed by atoms with Crippen LogP contribution in [0, 0.1) is 13.8 Å². The average molecular weight is 398 g/mol. The Morgan fingerprint density at radius 2 is 1.80 bits per heavy atom. The van der Waals surface area contributed by atoms with Crippen LogP contribution in [0.25, 0.3) is 5.69 Å². The fourth-order valence-corrected chi connectivity index (χ4v) is 4.92. The minimum Gasteiger partial charge on any atom is -0.324 e. The van der Waals surface area contributed by atoms with Gasteiger partial charge in [0.25, 0.3) is 0 Å². The van der Waals surface area contributed by atoms with E-state index in [-0.39, 0.29) is 6.04 Å². The third-order valence-electron chi connectivity index (χ3n) is 4.03.